The molecule has 2 aliphatic rings. The van der Waals surface area contributed by atoms with Crippen LogP contribution in [-0.2, 0) is 14.8 Å². The van der Waals surface area contributed by atoms with E-state index in [1.165, 1.54) is 35.3 Å². The van der Waals surface area contributed by atoms with E-state index in [0.717, 1.165) is 9.90 Å². The molecule has 3 heterocycles. The summed E-state index contributed by atoms with van der Waals surface area (Å²) in [6.45, 7) is 2.08. The second-order valence-corrected chi connectivity index (χ2v) is 9.14. The number of anilines is 1. The first-order valence-corrected chi connectivity index (χ1v) is 10.6. The molecule has 0 saturated heterocycles. The number of amidine groups is 1. The molecule has 25 heavy (non-hydrogen) atoms. The van der Waals surface area contributed by atoms with Crippen molar-refractivity contribution < 1.29 is 13.2 Å². The third-order valence-corrected chi connectivity index (χ3v) is 6.79. The van der Waals surface area contributed by atoms with Gasteiger partial charge in [-0.15, -0.1) is 4.40 Å². The van der Waals surface area contributed by atoms with Crippen LogP contribution in [0.5, 0.6) is 0 Å². The average Bonchev–Trinajstić information content (AvgIpc) is 2.91. The number of thioether (sulfide) groups is 1. The third kappa shape index (κ3) is 4.09. The lowest BCUT2D eigenvalue weighted by Crippen LogP contribution is -2.37. The summed E-state index contributed by atoms with van der Waals surface area (Å²) in [5.41, 5.74) is 1.15. The zero-order valence-electron chi connectivity index (χ0n) is 13.1. The van der Waals surface area contributed by atoms with Gasteiger partial charge in [-0.25, -0.2) is 13.4 Å². The Morgan fingerprint density at radius 3 is 3.08 bits per heavy atom. The van der Waals surface area contributed by atoms with Gasteiger partial charge >= 0.3 is 0 Å². The van der Waals surface area contributed by atoms with E-state index in [9.17, 15) is 13.2 Å². The number of nitrogens with one attached hydrogen (secondary N) is 1. The van der Waals surface area contributed by atoms with Crippen molar-refractivity contribution in [3.05, 3.63) is 29.6 Å². The lowest BCUT2D eigenvalue weighted by atomic mass is 10.2. The van der Waals surface area contributed by atoms with Crippen LogP contribution < -0.4 is 5.32 Å². The first-order valence-electron chi connectivity index (χ1n) is 7.16. The highest BCUT2D eigenvalue weighted by atomic mass is 32.2. The fourth-order valence-electron chi connectivity index (χ4n) is 2.17. The normalized spacial score (nSPS) is 18.0. The van der Waals surface area contributed by atoms with Gasteiger partial charge in [-0.1, -0.05) is 23.1 Å². The lowest BCUT2D eigenvalue weighted by molar-refractivity contribution is -0.112. The first-order chi connectivity index (χ1) is 11.9. The third-order valence-electron chi connectivity index (χ3n) is 3.33. The van der Waals surface area contributed by atoms with Crippen LogP contribution in [0.3, 0.4) is 0 Å². The van der Waals surface area contributed by atoms with Crippen molar-refractivity contribution in [2.24, 2.45) is 4.40 Å². The number of aryl methyl sites for hydroxylation is 1. The number of hydrogen-bond donors (Lipinski definition) is 1. The van der Waals surface area contributed by atoms with Crippen molar-refractivity contribution >= 4 is 50.0 Å². The number of thiazole rings is 1. The average molecular weight is 395 g/mol. The molecule has 8 nitrogen and oxygen atoms in total. The van der Waals surface area contributed by atoms with E-state index in [1.54, 1.807) is 11.1 Å². The zero-order chi connectivity index (χ0) is 18.0. The van der Waals surface area contributed by atoms with Gasteiger partial charge in [-0.05, 0) is 19.1 Å². The SMILES string of the molecule is Cc1nc(NC(=O)C2=CN3CCS(=O)(=O)N=C3C=C2)sc1SCC#N. The Morgan fingerprint density at radius 1 is 1.52 bits per heavy atom. The van der Waals surface area contributed by atoms with Gasteiger partial charge in [0, 0.05) is 12.7 Å². The van der Waals surface area contributed by atoms with E-state index in [4.69, 9.17) is 5.26 Å². The highest BCUT2D eigenvalue weighted by Crippen LogP contribution is 2.32. The number of sulfonamides is 1. The largest absolute Gasteiger partial charge is 0.330 e. The predicted octanol–water partition coefficient (Wildman–Crippen LogP) is 1.50. The molecular formula is C14H13N5O3S3. The van der Waals surface area contributed by atoms with Crippen LogP contribution in [0.1, 0.15) is 5.69 Å². The molecule has 0 atom stereocenters. The molecule has 11 heteroatoms. The van der Waals surface area contributed by atoms with Gasteiger partial charge in [0.2, 0.25) is 0 Å². The summed E-state index contributed by atoms with van der Waals surface area (Å²) in [5, 5.41) is 11.8. The van der Waals surface area contributed by atoms with Crippen LogP contribution in [0, 0.1) is 18.3 Å². The van der Waals surface area contributed by atoms with Crippen LogP contribution in [0.2, 0.25) is 0 Å². The Balaban J connectivity index is 1.72. The number of amides is 1. The van der Waals surface area contributed by atoms with Gasteiger partial charge in [0.25, 0.3) is 15.9 Å². The summed E-state index contributed by atoms with van der Waals surface area (Å²) in [4.78, 5) is 18.3. The topological polar surface area (TPSA) is 116 Å². The predicted molar refractivity (Wildman–Crippen MR) is 97.0 cm³/mol. The van der Waals surface area contributed by atoms with Crippen molar-refractivity contribution in [1.82, 2.24) is 9.88 Å². The maximum absolute atomic E-state index is 12.4. The molecule has 0 aromatic carbocycles. The van der Waals surface area contributed by atoms with Crippen molar-refractivity contribution in [2.75, 3.05) is 23.4 Å². The maximum atomic E-state index is 12.4. The van der Waals surface area contributed by atoms with Crippen LogP contribution in [0.25, 0.3) is 0 Å². The van der Waals surface area contributed by atoms with Gasteiger partial charge in [0.05, 0.1) is 33.1 Å². The molecule has 1 N–H and O–H groups in total. The second-order valence-electron chi connectivity index (χ2n) is 5.14. The summed E-state index contributed by atoms with van der Waals surface area (Å²) in [7, 11) is -3.42. The van der Waals surface area contributed by atoms with Gasteiger partial charge in [0.1, 0.15) is 5.84 Å². The van der Waals surface area contributed by atoms with Gasteiger partial charge < -0.3 is 4.90 Å². The molecule has 0 fully saturated rings. The summed E-state index contributed by atoms with van der Waals surface area (Å²) >= 11 is 2.69. The fourth-order valence-corrected chi connectivity index (χ4v) is 4.94. The number of aromatic nitrogens is 1. The molecule has 0 bridgehead atoms. The minimum atomic E-state index is -3.42. The molecular weight excluding hydrogens is 382 g/mol. The van der Waals surface area contributed by atoms with E-state index in [1.807, 2.05) is 6.92 Å². The molecule has 3 rings (SSSR count). The summed E-state index contributed by atoms with van der Waals surface area (Å²) in [5.74, 6) is 0.211. The Labute approximate surface area is 153 Å². The smallest absolute Gasteiger partial charge is 0.258 e. The number of rotatable bonds is 4. The van der Waals surface area contributed by atoms with Crippen molar-refractivity contribution in [1.29, 1.82) is 5.26 Å². The van der Waals surface area contributed by atoms with Gasteiger partial charge in [0.15, 0.2) is 5.13 Å². The number of nitriles is 1. The van der Waals surface area contributed by atoms with E-state index in [0.29, 0.717) is 22.3 Å². The highest BCUT2D eigenvalue weighted by Gasteiger charge is 2.25. The maximum Gasteiger partial charge on any atom is 0.258 e. The molecule has 0 spiro atoms. The first kappa shape index (κ1) is 17.7. The molecule has 1 aromatic rings. The van der Waals surface area contributed by atoms with E-state index in [2.05, 4.69) is 20.8 Å². The van der Waals surface area contributed by atoms with Crippen molar-refractivity contribution in [3.63, 3.8) is 0 Å². The zero-order valence-corrected chi connectivity index (χ0v) is 15.5. The Bertz CT molecular complexity index is 953. The van der Waals surface area contributed by atoms with Crippen molar-refractivity contribution in [2.45, 2.75) is 11.1 Å². The van der Waals surface area contributed by atoms with E-state index < -0.39 is 10.0 Å². The molecule has 130 valence electrons. The molecule has 1 aromatic heterocycles. The molecule has 1 amide bonds. The van der Waals surface area contributed by atoms with Crippen LogP contribution in [0.4, 0.5) is 5.13 Å². The number of carbonyl (C=O) groups is 1. The summed E-state index contributed by atoms with van der Waals surface area (Å²) < 4.78 is 27.5. The van der Waals surface area contributed by atoms with Crippen molar-refractivity contribution in [3.8, 4) is 6.07 Å². The number of nitrogens with zero attached hydrogens (tertiary/aromatic N) is 4. The van der Waals surface area contributed by atoms with Crippen LogP contribution in [0.15, 0.2) is 32.5 Å². The Morgan fingerprint density at radius 2 is 2.32 bits per heavy atom. The fraction of sp³-hybridized carbons (Fsp3) is 0.286. The summed E-state index contributed by atoms with van der Waals surface area (Å²) in [6.07, 6.45) is 4.61. The molecule has 0 aliphatic carbocycles. The van der Waals surface area contributed by atoms with Gasteiger partial charge in [-0.3, -0.25) is 10.1 Å². The standard InChI is InChI=1S/C14H13N5O3S3/c1-9-13(23-6-4-15)24-14(16-9)17-12(20)10-2-3-11-18-25(21,22)7-5-19(11)8-10/h2-3,8H,5-7H2,1H3,(H,16,17,20). The number of carbonyl (C=O) groups excluding carboxylic acids is 1. The molecule has 2 aliphatic heterocycles. The Hall–Kier alpha value is -2.16. The molecule has 0 radical (unpaired) electrons. The van der Waals surface area contributed by atoms with Gasteiger partial charge in [-0.2, -0.15) is 5.26 Å². The molecule has 0 unspecified atom stereocenters. The van der Waals surface area contributed by atoms with Crippen LogP contribution >= 0.6 is 23.1 Å². The number of hydrogen-bond acceptors (Lipinski definition) is 8. The minimum Gasteiger partial charge on any atom is -0.330 e. The quantitative estimate of drug-likeness (QED) is 0.768. The summed E-state index contributed by atoms with van der Waals surface area (Å²) in [6, 6.07) is 2.05. The van der Waals surface area contributed by atoms with E-state index in [-0.39, 0.29) is 18.2 Å². The second kappa shape index (κ2) is 6.99. The van der Waals surface area contributed by atoms with E-state index >= 15 is 0 Å². The monoisotopic (exact) mass is 395 g/mol. The number of fused-ring (bicyclic) bond motifs is 1. The molecule has 0 saturated carbocycles. The lowest BCUT2D eigenvalue weighted by Gasteiger charge is -2.26. The Kier molecular flexibility index (Phi) is 4.94. The van der Waals surface area contributed by atoms with Crippen LogP contribution in [-0.4, -0.2) is 48.1 Å². The highest BCUT2D eigenvalue weighted by molar-refractivity contribution is 8.01. The minimum absolute atomic E-state index is 0.0825.